The van der Waals surface area contributed by atoms with Gasteiger partial charge in [0.05, 0.1) is 6.20 Å². The van der Waals surface area contributed by atoms with Crippen molar-refractivity contribution < 1.29 is 9.50 Å². The number of aromatic nitrogens is 1. The second kappa shape index (κ2) is 5.60. The highest BCUT2D eigenvalue weighted by Crippen LogP contribution is 2.17. The molecule has 1 unspecified atom stereocenters. The van der Waals surface area contributed by atoms with E-state index >= 15 is 0 Å². The number of rotatable bonds is 4. The van der Waals surface area contributed by atoms with E-state index in [1.54, 1.807) is 18.3 Å². The van der Waals surface area contributed by atoms with Crippen molar-refractivity contribution in [3.63, 3.8) is 0 Å². The highest BCUT2D eigenvalue weighted by molar-refractivity contribution is 5.31. The number of pyridine rings is 1. The Labute approximate surface area is 105 Å². The van der Waals surface area contributed by atoms with Crippen LogP contribution in [0.25, 0.3) is 0 Å². The van der Waals surface area contributed by atoms with Gasteiger partial charge in [-0.1, -0.05) is 18.2 Å². The normalized spacial score (nSPS) is 12.3. The molecule has 2 aromatic rings. The maximum absolute atomic E-state index is 13.0. The van der Waals surface area contributed by atoms with Crippen LogP contribution in [0.1, 0.15) is 24.1 Å². The van der Waals surface area contributed by atoms with Crippen LogP contribution in [0.4, 0.5) is 4.39 Å². The molecule has 1 aromatic carbocycles. The number of hydrogen-bond donors (Lipinski definition) is 2. The maximum Gasteiger partial charge on any atom is 0.141 e. The lowest BCUT2D eigenvalue weighted by molar-refractivity contribution is 0.460. The lowest BCUT2D eigenvalue weighted by atomic mass is 10.1. The fourth-order valence-electron chi connectivity index (χ4n) is 1.71. The molecule has 2 N–H and O–H groups in total. The first-order chi connectivity index (χ1) is 8.66. The van der Waals surface area contributed by atoms with E-state index in [1.165, 1.54) is 12.3 Å². The summed E-state index contributed by atoms with van der Waals surface area (Å²) in [5, 5.41) is 12.8. The van der Waals surface area contributed by atoms with Crippen LogP contribution in [0, 0.1) is 5.82 Å². The van der Waals surface area contributed by atoms with E-state index in [0.717, 1.165) is 11.1 Å². The molecule has 0 radical (unpaired) electrons. The van der Waals surface area contributed by atoms with Crippen LogP contribution in [0.15, 0.2) is 42.7 Å². The number of nitrogens with zero attached hydrogens (tertiary/aromatic N) is 1. The number of nitrogens with one attached hydrogen (secondary N) is 1. The fraction of sp³-hybridized carbons (Fsp3) is 0.214. The van der Waals surface area contributed by atoms with Gasteiger partial charge in [-0.05, 0) is 24.6 Å². The number of phenols is 1. The third-order valence-corrected chi connectivity index (χ3v) is 2.82. The van der Waals surface area contributed by atoms with Gasteiger partial charge in [-0.3, -0.25) is 4.98 Å². The van der Waals surface area contributed by atoms with Gasteiger partial charge >= 0.3 is 0 Å². The molecular formula is C14H15FN2O. The Balaban J connectivity index is 2.00. The van der Waals surface area contributed by atoms with Crippen LogP contribution in [-0.2, 0) is 6.54 Å². The number of phenolic OH excluding ortho intramolecular Hbond substituents is 1. The van der Waals surface area contributed by atoms with E-state index in [4.69, 9.17) is 0 Å². The molecule has 1 aromatic heterocycles. The lowest BCUT2D eigenvalue weighted by Crippen LogP contribution is -2.18. The SMILES string of the molecule is CC(NCc1ccccc1O)c1cncc(F)c1. The summed E-state index contributed by atoms with van der Waals surface area (Å²) in [7, 11) is 0. The molecule has 0 saturated carbocycles. The molecule has 18 heavy (non-hydrogen) atoms. The first kappa shape index (κ1) is 12.5. The predicted octanol–water partition coefficient (Wildman–Crippen LogP) is 2.78. The van der Waals surface area contributed by atoms with E-state index in [-0.39, 0.29) is 17.6 Å². The zero-order valence-corrected chi connectivity index (χ0v) is 10.1. The van der Waals surface area contributed by atoms with Crippen molar-refractivity contribution in [2.75, 3.05) is 0 Å². The van der Waals surface area contributed by atoms with Crippen molar-refractivity contribution >= 4 is 0 Å². The van der Waals surface area contributed by atoms with Crippen molar-refractivity contribution in [3.05, 3.63) is 59.7 Å². The third kappa shape index (κ3) is 3.05. The number of halogens is 1. The van der Waals surface area contributed by atoms with Gasteiger partial charge in [0.2, 0.25) is 0 Å². The Morgan fingerprint density at radius 2 is 2.11 bits per heavy atom. The minimum absolute atomic E-state index is 0.0344. The molecule has 0 spiro atoms. The van der Waals surface area contributed by atoms with E-state index in [9.17, 15) is 9.50 Å². The summed E-state index contributed by atoms with van der Waals surface area (Å²) in [5.74, 6) is -0.0849. The smallest absolute Gasteiger partial charge is 0.141 e. The van der Waals surface area contributed by atoms with Crippen LogP contribution in [0.5, 0.6) is 5.75 Å². The Bertz CT molecular complexity index is 531. The average Bonchev–Trinajstić information content (AvgIpc) is 2.37. The van der Waals surface area contributed by atoms with Gasteiger partial charge in [-0.2, -0.15) is 0 Å². The molecule has 2 rings (SSSR count). The largest absolute Gasteiger partial charge is 0.508 e. The monoisotopic (exact) mass is 246 g/mol. The fourth-order valence-corrected chi connectivity index (χ4v) is 1.71. The molecule has 0 aliphatic heterocycles. The molecule has 0 bridgehead atoms. The van der Waals surface area contributed by atoms with Gasteiger partial charge in [0.1, 0.15) is 11.6 Å². The average molecular weight is 246 g/mol. The Kier molecular flexibility index (Phi) is 3.89. The van der Waals surface area contributed by atoms with Crippen molar-refractivity contribution in [2.45, 2.75) is 19.5 Å². The summed E-state index contributed by atoms with van der Waals surface area (Å²) in [6, 6.07) is 8.55. The second-order valence-corrected chi connectivity index (χ2v) is 4.17. The lowest BCUT2D eigenvalue weighted by Gasteiger charge is -2.14. The van der Waals surface area contributed by atoms with Crippen molar-refractivity contribution in [1.82, 2.24) is 10.3 Å². The topological polar surface area (TPSA) is 45.1 Å². The minimum atomic E-state index is -0.344. The summed E-state index contributed by atoms with van der Waals surface area (Å²) in [5.41, 5.74) is 1.60. The molecule has 0 aliphatic rings. The van der Waals surface area contributed by atoms with Crippen LogP contribution in [0.2, 0.25) is 0 Å². The van der Waals surface area contributed by atoms with Gasteiger partial charge in [0.25, 0.3) is 0 Å². The number of hydrogen-bond acceptors (Lipinski definition) is 3. The van der Waals surface area contributed by atoms with Crippen LogP contribution < -0.4 is 5.32 Å². The van der Waals surface area contributed by atoms with Gasteiger partial charge in [-0.15, -0.1) is 0 Å². The second-order valence-electron chi connectivity index (χ2n) is 4.17. The van der Waals surface area contributed by atoms with Crippen LogP contribution >= 0.6 is 0 Å². The van der Waals surface area contributed by atoms with Crippen LogP contribution in [-0.4, -0.2) is 10.1 Å². The molecular weight excluding hydrogens is 231 g/mol. The minimum Gasteiger partial charge on any atom is -0.508 e. The number of aromatic hydroxyl groups is 1. The van der Waals surface area contributed by atoms with Gasteiger partial charge < -0.3 is 10.4 Å². The molecule has 0 aliphatic carbocycles. The van der Waals surface area contributed by atoms with Crippen molar-refractivity contribution in [2.24, 2.45) is 0 Å². The predicted molar refractivity (Wildman–Crippen MR) is 67.6 cm³/mol. The Hall–Kier alpha value is -1.94. The highest BCUT2D eigenvalue weighted by atomic mass is 19.1. The van der Waals surface area contributed by atoms with E-state index in [2.05, 4.69) is 10.3 Å². The zero-order chi connectivity index (χ0) is 13.0. The molecule has 4 heteroatoms. The summed E-state index contributed by atoms with van der Waals surface area (Å²) in [6.45, 7) is 2.45. The maximum atomic E-state index is 13.0. The van der Waals surface area contributed by atoms with Crippen LogP contribution in [0.3, 0.4) is 0 Å². The van der Waals surface area contributed by atoms with E-state index in [0.29, 0.717) is 6.54 Å². The zero-order valence-electron chi connectivity index (χ0n) is 10.1. The first-order valence-corrected chi connectivity index (χ1v) is 5.77. The molecule has 0 amide bonds. The summed E-state index contributed by atoms with van der Waals surface area (Å²) in [4.78, 5) is 3.81. The Morgan fingerprint density at radius 1 is 1.33 bits per heavy atom. The van der Waals surface area contributed by atoms with Gasteiger partial charge in [-0.25, -0.2) is 4.39 Å². The molecule has 1 atom stereocenters. The molecule has 1 heterocycles. The molecule has 94 valence electrons. The van der Waals surface area contributed by atoms with Gasteiger partial charge in [0, 0.05) is 24.3 Å². The standard InChI is InChI=1S/C14H15FN2O/c1-10(12-6-13(15)9-16-7-12)17-8-11-4-2-3-5-14(11)18/h2-7,9-10,17-18H,8H2,1H3. The van der Waals surface area contributed by atoms with Crippen molar-refractivity contribution in [3.8, 4) is 5.75 Å². The highest BCUT2D eigenvalue weighted by Gasteiger charge is 2.07. The number of benzene rings is 1. The third-order valence-electron chi connectivity index (χ3n) is 2.82. The Morgan fingerprint density at radius 3 is 2.83 bits per heavy atom. The molecule has 0 fully saturated rings. The van der Waals surface area contributed by atoms with Gasteiger partial charge in [0.15, 0.2) is 0 Å². The van der Waals surface area contributed by atoms with E-state index < -0.39 is 0 Å². The molecule has 3 nitrogen and oxygen atoms in total. The first-order valence-electron chi connectivity index (χ1n) is 5.77. The summed E-state index contributed by atoms with van der Waals surface area (Å²) in [6.07, 6.45) is 2.81. The quantitative estimate of drug-likeness (QED) is 0.872. The van der Waals surface area contributed by atoms with Crippen molar-refractivity contribution in [1.29, 1.82) is 0 Å². The van der Waals surface area contributed by atoms with E-state index in [1.807, 2.05) is 19.1 Å². The number of para-hydroxylation sites is 1. The molecule has 0 saturated heterocycles. The summed E-state index contributed by atoms with van der Waals surface area (Å²) >= 11 is 0. The summed E-state index contributed by atoms with van der Waals surface area (Å²) < 4.78 is 13.0.